The van der Waals surface area contributed by atoms with E-state index in [1.165, 1.54) is 19.3 Å². The summed E-state index contributed by atoms with van der Waals surface area (Å²) in [6, 6.07) is 0.422. The van der Waals surface area contributed by atoms with Crippen LogP contribution in [-0.4, -0.2) is 33.5 Å². The van der Waals surface area contributed by atoms with Crippen LogP contribution in [0.1, 0.15) is 76.4 Å². The molecule has 0 N–H and O–H groups in total. The Morgan fingerprint density at radius 3 is 2.86 bits per heavy atom. The Bertz CT molecular complexity index is 508. The lowest BCUT2D eigenvalue weighted by Gasteiger charge is -2.37. The van der Waals surface area contributed by atoms with Crippen molar-refractivity contribution in [3.8, 4) is 0 Å². The maximum Gasteiger partial charge on any atom is 0.227 e. The monoisotopic (exact) mass is 305 g/mol. The average molecular weight is 305 g/mol. The van der Waals surface area contributed by atoms with Crippen LogP contribution in [0.5, 0.6) is 0 Å². The summed E-state index contributed by atoms with van der Waals surface area (Å²) in [5.41, 5.74) is 0. The first-order valence-corrected chi connectivity index (χ1v) is 8.75. The average Bonchev–Trinajstić information content (AvgIpc) is 3.24. The number of carbonyl (C=O) groups is 1. The molecule has 5 nitrogen and oxygen atoms in total. The quantitative estimate of drug-likeness (QED) is 0.809. The number of aryl methyl sites for hydroxylation is 1. The summed E-state index contributed by atoms with van der Waals surface area (Å²) < 4.78 is 5.26. The number of piperidine rings is 1. The summed E-state index contributed by atoms with van der Waals surface area (Å²) in [4.78, 5) is 19.1. The second-order valence-corrected chi connectivity index (χ2v) is 7.19. The number of nitrogens with zero attached hydrogens (tertiary/aromatic N) is 3. The van der Waals surface area contributed by atoms with E-state index in [0.717, 1.165) is 31.6 Å². The molecule has 0 spiro atoms. The minimum atomic E-state index is 0.247. The van der Waals surface area contributed by atoms with E-state index >= 15 is 0 Å². The van der Waals surface area contributed by atoms with Crippen molar-refractivity contribution in [1.82, 2.24) is 15.0 Å². The summed E-state index contributed by atoms with van der Waals surface area (Å²) in [6.45, 7) is 5.37. The van der Waals surface area contributed by atoms with E-state index in [0.29, 0.717) is 36.6 Å². The van der Waals surface area contributed by atoms with E-state index in [2.05, 4.69) is 28.9 Å². The van der Waals surface area contributed by atoms with Crippen LogP contribution in [0, 0.1) is 5.92 Å². The van der Waals surface area contributed by atoms with Crippen molar-refractivity contribution in [2.75, 3.05) is 6.54 Å². The van der Waals surface area contributed by atoms with Gasteiger partial charge in [0.2, 0.25) is 11.8 Å². The highest BCUT2D eigenvalue weighted by Crippen LogP contribution is 2.38. The van der Waals surface area contributed by atoms with Gasteiger partial charge in [-0.25, -0.2) is 0 Å². The van der Waals surface area contributed by atoms with Gasteiger partial charge in [0, 0.05) is 31.3 Å². The molecule has 3 rings (SSSR count). The lowest BCUT2D eigenvalue weighted by Crippen LogP contribution is -2.44. The molecule has 1 amide bonds. The van der Waals surface area contributed by atoms with Crippen molar-refractivity contribution < 1.29 is 9.32 Å². The first-order valence-electron chi connectivity index (χ1n) is 8.75. The normalized spacial score (nSPS) is 22.3. The molecule has 1 aromatic heterocycles. The van der Waals surface area contributed by atoms with Crippen LogP contribution in [0.2, 0.25) is 0 Å². The van der Waals surface area contributed by atoms with Crippen molar-refractivity contribution in [3.05, 3.63) is 11.7 Å². The molecule has 1 saturated heterocycles. The molecule has 0 radical (unpaired) electrons. The predicted molar refractivity (Wildman–Crippen MR) is 83.4 cm³/mol. The maximum absolute atomic E-state index is 12.6. The fourth-order valence-electron chi connectivity index (χ4n) is 3.35. The molecule has 0 bridgehead atoms. The highest BCUT2D eigenvalue weighted by Gasteiger charge is 2.30. The first kappa shape index (κ1) is 15.5. The number of carbonyl (C=O) groups excluding carboxylic acids is 1. The Labute approximate surface area is 132 Å². The van der Waals surface area contributed by atoms with Gasteiger partial charge in [-0.15, -0.1) is 0 Å². The van der Waals surface area contributed by atoms with Crippen LogP contribution in [0.4, 0.5) is 0 Å². The van der Waals surface area contributed by atoms with Gasteiger partial charge in [0.25, 0.3) is 0 Å². The van der Waals surface area contributed by atoms with Gasteiger partial charge in [-0.05, 0) is 44.4 Å². The smallest absolute Gasteiger partial charge is 0.227 e. The molecule has 1 saturated carbocycles. The highest BCUT2D eigenvalue weighted by molar-refractivity contribution is 5.76. The number of hydrogen-bond donors (Lipinski definition) is 0. The number of rotatable bonds is 6. The fourth-order valence-corrected chi connectivity index (χ4v) is 3.35. The van der Waals surface area contributed by atoms with Gasteiger partial charge in [0.15, 0.2) is 5.82 Å². The lowest BCUT2D eigenvalue weighted by atomic mass is 9.93. The van der Waals surface area contributed by atoms with E-state index < -0.39 is 0 Å². The number of amides is 1. The van der Waals surface area contributed by atoms with Crippen LogP contribution in [0.15, 0.2) is 4.52 Å². The van der Waals surface area contributed by atoms with Crippen LogP contribution >= 0.6 is 0 Å². The summed E-state index contributed by atoms with van der Waals surface area (Å²) in [7, 11) is 0. The van der Waals surface area contributed by atoms with Crippen molar-refractivity contribution in [3.63, 3.8) is 0 Å². The molecular weight excluding hydrogens is 278 g/mol. The first-order chi connectivity index (χ1) is 10.6. The Morgan fingerprint density at radius 1 is 1.32 bits per heavy atom. The zero-order chi connectivity index (χ0) is 15.5. The van der Waals surface area contributed by atoms with E-state index in [9.17, 15) is 4.79 Å². The van der Waals surface area contributed by atoms with E-state index in [1.54, 1.807) is 0 Å². The second-order valence-electron chi connectivity index (χ2n) is 7.19. The third-order valence-electron chi connectivity index (χ3n) is 4.67. The molecule has 2 fully saturated rings. The summed E-state index contributed by atoms with van der Waals surface area (Å²) in [5, 5.41) is 4.01. The number of hydrogen-bond acceptors (Lipinski definition) is 4. The van der Waals surface area contributed by atoms with Crippen molar-refractivity contribution in [2.24, 2.45) is 5.92 Å². The number of likely N-dealkylation sites (tertiary alicyclic amines) is 1. The molecular formula is C17H27N3O2. The molecule has 2 heterocycles. The molecule has 1 aliphatic heterocycles. The standard InChI is InChI=1S/C17H27N3O2/c1-12(2)11-14-5-3-4-10-20(14)16(21)9-8-15-18-17(19-22-15)13-6-7-13/h12-14H,3-11H2,1-2H3/t14-/m0/s1. The summed E-state index contributed by atoms with van der Waals surface area (Å²) in [6.07, 6.45) is 8.03. The van der Waals surface area contributed by atoms with E-state index in [-0.39, 0.29) is 5.91 Å². The van der Waals surface area contributed by atoms with E-state index in [4.69, 9.17) is 4.52 Å². The summed E-state index contributed by atoms with van der Waals surface area (Å²) >= 11 is 0. The van der Waals surface area contributed by atoms with E-state index in [1.807, 2.05) is 0 Å². The highest BCUT2D eigenvalue weighted by atomic mass is 16.5. The van der Waals surface area contributed by atoms with Gasteiger partial charge >= 0.3 is 0 Å². The minimum absolute atomic E-state index is 0.247. The zero-order valence-corrected chi connectivity index (χ0v) is 13.8. The third-order valence-corrected chi connectivity index (χ3v) is 4.67. The largest absolute Gasteiger partial charge is 0.340 e. The van der Waals surface area contributed by atoms with Crippen molar-refractivity contribution in [2.45, 2.75) is 77.2 Å². The van der Waals surface area contributed by atoms with Gasteiger partial charge in [-0.3, -0.25) is 4.79 Å². The predicted octanol–water partition coefficient (Wildman–Crippen LogP) is 3.31. The van der Waals surface area contributed by atoms with Gasteiger partial charge in [0.05, 0.1) is 0 Å². The lowest BCUT2D eigenvalue weighted by molar-refractivity contribution is -0.135. The molecule has 122 valence electrons. The number of aromatic nitrogens is 2. The second kappa shape index (κ2) is 6.80. The Kier molecular flexibility index (Phi) is 4.79. The topological polar surface area (TPSA) is 59.2 Å². The maximum atomic E-state index is 12.6. The van der Waals surface area contributed by atoms with Crippen LogP contribution in [0.3, 0.4) is 0 Å². The SMILES string of the molecule is CC(C)C[C@@H]1CCCCN1C(=O)CCc1nc(C2CC2)no1. The minimum Gasteiger partial charge on any atom is -0.340 e. The molecule has 1 atom stereocenters. The zero-order valence-electron chi connectivity index (χ0n) is 13.8. The Balaban J connectivity index is 1.52. The Morgan fingerprint density at radius 2 is 2.14 bits per heavy atom. The van der Waals surface area contributed by atoms with Gasteiger partial charge in [-0.1, -0.05) is 19.0 Å². The van der Waals surface area contributed by atoms with Crippen LogP contribution in [0.25, 0.3) is 0 Å². The summed E-state index contributed by atoms with van der Waals surface area (Å²) in [5.74, 6) is 2.84. The van der Waals surface area contributed by atoms with Crippen LogP contribution in [-0.2, 0) is 11.2 Å². The van der Waals surface area contributed by atoms with Crippen molar-refractivity contribution >= 4 is 5.91 Å². The molecule has 1 aliphatic carbocycles. The Hall–Kier alpha value is -1.39. The van der Waals surface area contributed by atoms with Gasteiger partial charge in [0.1, 0.15) is 0 Å². The van der Waals surface area contributed by atoms with Crippen LogP contribution < -0.4 is 0 Å². The molecule has 1 aromatic rings. The molecule has 0 unspecified atom stereocenters. The van der Waals surface area contributed by atoms with Gasteiger partial charge in [-0.2, -0.15) is 4.98 Å². The van der Waals surface area contributed by atoms with Gasteiger partial charge < -0.3 is 9.42 Å². The molecule has 22 heavy (non-hydrogen) atoms. The third kappa shape index (κ3) is 3.87. The van der Waals surface area contributed by atoms with Crippen molar-refractivity contribution in [1.29, 1.82) is 0 Å². The fraction of sp³-hybridized carbons (Fsp3) is 0.824. The molecule has 5 heteroatoms. The molecule has 0 aromatic carbocycles. The molecule has 2 aliphatic rings.